The fourth-order valence-electron chi connectivity index (χ4n) is 2.69. The van der Waals surface area contributed by atoms with Gasteiger partial charge in [-0.3, -0.25) is 5.43 Å². The van der Waals surface area contributed by atoms with Crippen LogP contribution in [0.25, 0.3) is 21.5 Å². The van der Waals surface area contributed by atoms with Gasteiger partial charge in [0.25, 0.3) is 0 Å². The number of nitrogens with one attached hydrogen (secondary N) is 1. The molecule has 0 saturated carbocycles. The van der Waals surface area contributed by atoms with Gasteiger partial charge in [0.15, 0.2) is 0 Å². The van der Waals surface area contributed by atoms with Crippen LogP contribution in [-0.2, 0) is 6.42 Å². The molecule has 4 N–H and O–H groups in total. The molecule has 7 nitrogen and oxygen atoms in total. The predicted octanol–water partition coefficient (Wildman–Crippen LogP) is 4.48. The Hall–Kier alpha value is -3.65. The zero-order valence-electron chi connectivity index (χ0n) is 14.6. The van der Waals surface area contributed by atoms with Crippen LogP contribution in [0.1, 0.15) is 16.1 Å². The van der Waals surface area contributed by atoms with Gasteiger partial charge in [-0.25, -0.2) is 9.78 Å². The van der Waals surface area contributed by atoms with Crippen molar-refractivity contribution in [3.63, 3.8) is 0 Å². The number of hydrazone groups is 1. The molecule has 0 aliphatic carbocycles. The van der Waals surface area contributed by atoms with Crippen molar-refractivity contribution in [1.82, 2.24) is 4.98 Å². The first-order chi connectivity index (χ1) is 13.6. The highest BCUT2D eigenvalue weighted by Gasteiger charge is 2.11. The van der Waals surface area contributed by atoms with Crippen LogP contribution in [0.4, 0.5) is 10.8 Å². The molecule has 2 heterocycles. The number of hydrogen-bond acceptors (Lipinski definition) is 7. The summed E-state index contributed by atoms with van der Waals surface area (Å²) in [5.41, 5.74) is 10.5. The highest BCUT2D eigenvalue weighted by molar-refractivity contribution is 7.22. The highest BCUT2D eigenvalue weighted by atomic mass is 32.1. The maximum absolute atomic E-state index is 11.2. The van der Waals surface area contributed by atoms with Crippen molar-refractivity contribution in [2.45, 2.75) is 6.42 Å². The molecule has 0 amide bonds. The first-order valence-corrected chi connectivity index (χ1v) is 9.27. The van der Waals surface area contributed by atoms with Crippen LogP contribution in [-0.4, -0.2) is 22.3 Å². The largest absolute Gasteiger partial charge is 0.478 e. The van der Waals surface area contributed by atoms with E-state index < -0.39 is 5.97 Å². The van der Waals surface area contributed by atoms with Gasteiger partial charge in [0, 0.05) is 23.9 Å². The van der Waals surface area contributed by atoms with Gasteiger partial charge in [-0.2, -0.15) is 5.10 Å². The average molecular weight is 392 g/mol. The van der Waals surface area contributed by atoms with Crippen molar-refractivity contribution in [2.24, 2.45) is 5.10 Å². The molecule has 0 fully saturated rings. The SMILES string of the molecule is Nc1ccc(-c2ccc(CC=NNc3nc4ccccc4s3)o2)cc1C(=O)O. The van der Waals surface area contributed by atoms with Crippen LogP contribution in [0.3, 0.4) is 0 Å². The Kier molecular flexibility index (Phi) is 4.77. The van der Waals surface area contributed by atoms with E-state index in [2.05, 4.69) is 15.5 Å². The second-order valence-electron chi connectivity index (χ2n) is 5.99. The number of carbonyl (C=O) groups is 1. The molecule has 0 bridgehead atoms. The van der Waals surface area contributed by atoms with Gasteiger partial charge < -0.3 is 15.3 Å². The number of rotatable bonds is 6. The molecule has 0 aliphatic rings. The number of benzene rings is 2. The molecule has 0 aliphatic heterocycles. The predicted molar refractivity (Wildman–Crippen MR) is 111 cm³/mol. The van der Waals surface area contributed by atoms with Gasteiger partial charge in [0.2, 0.25) is 5.13 Å². The smallest absolute Gasteiger partial charge is 0.337 e. The lowest BCUT2D eigenvalue weighted by molar-refractivity contribution is 0.0698. The van der Waals surface area contributed by atoms with Crippen LogP contribution in [0.5, 0.6) is 0 Å². The van der Waals surface area contributed by atoms with Gasteiger partial charge in [-0.1, -0.05) is 23.5 Å². The monoisotopic (exact) mass is 392 g/mol. The number of nitrogens with zero attached hydrogens (tertiary/aromatic N) is 2. The number of anilines is 2. The van der Waals surface area contributed by atoms with E-state index in [1.165, 1.54) is 17.4 Å². The zero-order chi connectivity index (χ0) is 19.5. The maximum atomic E-state index is 11.2. The summed E-state index contributed by atoms with van der Waals surface area (Å²) in [7, 11) is 0. The van der Waals surface area contributed by atoms with E-state index in [1.54, 1.807) is 24.4 Å². The summed E-state index contributed by atoms with van der Waals surface area (Å²) in [5.74, 6) is 0.211. The summed E-state index contributed by atoms with van der Waals surface area (Å²) in [5, 5.41) is 14.1. The maximum Gasteiger partial charge on any atom is 0.337 e. The number of thiazole rings is 1. The minimum Gasteiger partial charge on any atom is -0.478 e. The summed E-state index contributed by atoms with van der Waals surface area (Å²) < 4.78 is 6.88. The summed E-state index contributed by atoms with van der Waals surface area (Å²) >= 11 is 1.53. The summed E-state index contributed by atoms with van der Waals surface area (Å²) in [6, 6.07) is 16.3. The Balaban J connectivity index is 1.41. The number of carboxylic acids is 1. The van der Waals surface area contributed by atoms with E-state index in [1.807, 2.05) is 30.3 Å². The summed E-state index contributed by atoms with van der Waals surface area (Å²) in [4.78, 5) is 15.7. The summed E-state index contributed by atoms with van der Waals surface area (Å²) in [6.07, 6.45) is 2.18. The Morgan fingerprint density at radius 1 is 1.25 bits per heavy atom. The normalized spacial score (nSPS) is 11.3. The quantitative estimate of drug-likeness (QED) is 0.253. The van der Waals surface area contributed by atoms with Crippen molar-refractivity contribution >= 4 is 44.6 Å². The van der Waals surface area contributed by atoms with E-state index in [-0.39, 0.29) is 11.3 Å². The number of furan rings is 1. The molecule has 0 spiro atoms. The van der Waals surface area contributed by atoms with E-state index in [4.69, 9.17) is 10.2 Å². The van der Waals surface area contributed by atoms with E-state index >= 15 is 0 Å². The molecule has 4 rings (SSSR count). The van der Waals surface area contributed by atoms with Crippen LogP contribution < -0.4 is 11.2 Å². The van der Waals surface area contributed by atoms with Crippen LogP contribution in [0.15, 0.2) is 64.1 Å². The molecular formula is C20H16N4O3S. The van der Waals surface area contributed by atoms with Crippen LogP contribution in [0.2, 0.25) is 0 Å². The number of fused-ring (bicyclic) bond motifs is 1. The molecule has 0 unspecified atom stereocenters. The Labute approximate surface area is 164 Å². The Bertz CT molecular complexity index is 1150. The van der Waals surface area contributed by atoms with Gasteiger partial charge >= 0.3 is 5.97 Å². The first kappa shape index (κ1) is 17.7. The molecule has 2 aromatic heterocycles. The minimum atomic E-state index is -1.07. The molecule has 8 heteroatoms. The van der Waals surface area contributed by atoms with Crippen molar-refractivity contribution in [3.8, 4) is 11.3 Å². The third-order valence-corrected chi connectivity index (χ3v) is 5.01. The molecule has 0 atom stereocenters. The first-order valence-electron chi connectivity index (χ1n) is 8.45. The molecule has 4 aromatic rings. The van der Waals surface area contributed by atoms with E-state index in [9.17, 15) is 9.90 Å². The second kappa shape index (κ2) is 7.53. The van der Waals surface area contributed by atoms with Crippen LogP contribution in [0, 0.1) is 0 Å². The number of para-hydroxylation sites is 1. The van der Waals surface area contributed by atoms with Gasteiger partial charge in [0.1, 0.15) is 11.5 Å². The van der Waals surface area contributed by atoms with Gasteiger partial charge in [-0.05, 0) is 42.5 Å². The fourth-order valence-corrected chi connectivity index (χ4v) is 3.51. The number of aromatic nitrogens is 1. The molecule has 0 radical (unpaired) electrons. The molecule has 0 saturated heterocycles. The van der Waals surface area contributed by atoms with Crippen molar-refractivity contribution in [2.75, 3.05) is 11.2 Å². The number of hydrogen-bond donors (Lipinski definition) is 3. The molecule has 140 valence electrons. The number of carboxylic acid groups (broad SMARTS) is 1. The lowest BCUT2D eigenvalue weighted by atomic mass is 10.1. The third kappa shape index (κ3) is 3.72. The highest BCUT2D eigenvalue weighted by Crippen LogP contribution is 2.27. The number of nitrogens with two attached hydrogens (primary N) is 1. The standard InChI is InChI=1S/C20H16N4O3S/c21-15-7-5-12(11-14(15)19(25)26)17-8-6-13(27-17)9-10-22-24-20-23-16-3-1-2-4-18(16)28-20/h1-8,10-11H,9,21H2,(H,23,24)(H,25,26). The number of aromatic carboxylic acids is 1. The van der Waals surface area contributed by atoms with Crippen molar-refractivity contribution in [1.29, 1.82) is 0 Å². The molecule has 2 aromatic carbocycles. The Morgan fingerprint density at radius 2 is 2.11 bits per heavy atom. The minimum absolute atomic E-state index is 0.0528. The fraction of sp³-hybridized carbons (Fsp3) is 0.0500. The topological polar surface area (TPSA) is 114 Å². The second-order valence-corrected chi connectivity index (χ2v) is 7.02. The third-order valence-electron chi connectivity index (χ3n) is 4.07. The lowest BCUT2D eigenvalue weighted by Crippen LogP contribution is -2.02. The summed E-state index contributed by atoms with van der Waals surface area (Å²) in [6.45, 7) is 0. The van der Waals surface area contributed by atoms with Gasteiger partial charge in [0.05, 0.1) is 15.8 Å². The van der Waals surface area contributed by atoms with Crippen LogP contribution >= 0.6 is 11.3 Å². The van der Waals surface area contributed by atoms with E-state index in [0.29, 0.717) is 23.5 Å². The lowest BCUT2D eigenvalue weighted by Gasteiger charge is -2.03. The Morgan fingerprint density at radius 3 is 2.93 bits per heavy atom. The van der Waals surface area contributed by atoms with Crippen molar-refractivity contribution < 1.29 is 14.3 Å². The van der Waals surface area contributed by atoms with Crippen molar-refractivity contribution in [3.05, 3.63) is 65.9 Å². The zero-order valence-corrected chi connectivity index (χ0v) is 15.4. The number of nitrogen functional groups attached to an aromatic ring is 1. The molecular weight excluding hydrogens is 376 g/mol. The van der Waals surface area contributed by atoms with Gasteiger partial charge in [-0.15, -0.1) is 0 Å². The average Bonchev–Trinajstić information content (AvgIpc) is 3.32. The van der Waals surface area contributed by atoms with E-state index in [0.717, 1.165) is 15.3 Å². The molecule has 28 heavy (non-hydrogen) atoms.